The van der Waals surface area contributed by atoms with Crippen LogP contribution in [0.25, 0.3) is 0 Å². The SMILES string of the molecule is Cc1cccc(C)c1NC(=O)[C@H](C)OC(=O)[C@@H]1CCCN1C(=O)OC(C)(C)C. The minimum absolute atomic E-state index is 0.410. The molecule has 2 amide bonds. The van der Waals surface area contributed by atoms with E-state index in [0.29, 0.717) is 25.1 Å². The first-order valence-electron chi connectivity index (χ1n) is 9.57. The van der Waals surface area contributed by atoms with Crippen LogP contribution < -0.4 is 5.32 Å². The first-order chi connectivity index (χ1) is 13.0. The van der Waals surface area contributed by atoms with E-state index >= 15 is 0 Å². The second kappa shape index (κ2) is 8.63. The van der Waals surface area contributed by atoms with E-state index in [9.17, 15) is 14.4 Å². The lowest BCUT2D eigenvalue weighted by Gasteiger charge is -2.28. The summed E-state index contributed by atoms with van der Waals surface area (Å²) in [5.74, 6) is -1.000. The summed E-state index contributed by atoms with van der Waals surface area (Å²) in [6, 6.07) is 4.98. The van der Waals surface area contributed by atoms with E-state index in [1.807, 2.05) is 32.0 Å². The number of benzene rings is 1. The Labute approximate surface area is 166 Å². The third-order valence-corrected chi connectivity index (χ3v) is 4.54. The monoisotopic (exact) mass is 390 g/mol. The van der Waals surface area contributed by atoms with Gasteiger partial charge in [-0.2, -0.15) is 0 Å². The Kier molecular flexibility index (Phi) is 6.69. The Bertz CT molecular complexity index is 733. The maximum atomic E-state index is 12.6. The largest absolute Gasteiger partial charge is 0.451 e. The lowest BCUT2D eigenvalue weighted by Crippen LogP contribution is -2.45. The van der Waals surface area contributed by atoms with Crippen LogP contribution in [0.3, 0.4) is 0 Å². The average molecular weight is 390 g/mol. The van der Waals surface area contributed by atoms with Gasteiger partial charge in [-0.15, -0.1) is 0 Å². The van der Waals surface area contributed by atoms with Crippen molar-refractivity contribution < 1.29 is 23.9 Å². The molecule has 7 heteroatoms. The van der Waals surface area contributed by atoms with Gasteiger partial charge in [-0.25, -0.2) is 9.59 Å². The van der Waals surface area contributed by atoms with Crippen LogP contribution in [0.4, 0.5) is 10.5 Å². The van der Waals surface area contributed by atoms with E-state index in [4.69, 9.17) is 9.47 Å². The van der Waals surface area contributed by atoms with Crippen molar-refractivity contribution in [3.8, 4) is 0 Å². The summed E-state index contributed by atoms with van der Waals surface area (Å²) in [6.45, 7) is 11.1. The fourth-order valence-electron chi connectivity index (χ4n) is 3.09. The van der Waals surface area contributed by atoms with Gasteiger partial charge in [0, 0.05) is 12.2 Å². The van der Waals surface area contributed by atoms with Crippen molar-refractivity contribution in [2.75, 3.05) is 11.9 Å². The molecule has 0 unspecified atom stereocenters. The maximum Gasteiger partial charge on any atom is 0.411 e. The number of anilines is 1. The molecule has 1 fully saturated rings. The summed E-state index contributed by atoms with van der Waals surface area (Å²) >= 11 is 0. The van der Waals surface area contributed by atoms with Crippen LogP contribution >= 0.6 is 0 Å². The number of hydrogen-bond donors (Lipinski definition) is 1. The number of ether oxygens (including phenoxy) is 2. The summed E-state index contributed by atoms with van der Waals surface area (Å²) in [6.07, 6.45) is -0.349. The third kappa shape index (κ3) is 5.47. The van der Waals surface area contributed by atoms with Crippen LogP contribution in [-0.4, -0.2) is 47.2 Å². The van der Waals surface area contributed by atoms with Gasteiger partial charge in [-0.05, 0) is 65.5 Å². The van der Waals surface area contributed by atoms with Gasteiger partial charge in [-0.1, -0.05) is 18.2 Å². The van der Waals surface area contributed by atoms with Crippen LogP contribution in [0.2, 0.25) is 0 Å². The van der Waals surface area contributed by atoms with Crippen molar-refractivity contribution in [2.24, 2.45) is 0 Å². The van der Waals surface area contributed by atoms with Gasteiger partial charge in [-0.3, -0.25) is 9.69 Å². The second-order valence-corrected chi connectivity index (χ2v) is 8.17. The van der Waals surface area contributed by atoms with E-state index in [0.717, 1.165) is 11.1 Å². The molecule has 2 atom stereocenters. The van der Waals surface area contributed by atoms with E-state index in [2.05, 4.69) is 5.32 Å². The highest BCUT2D eigenvalue weighted by molar-refractivity contribution is 5.96. The van der Waals surface area contributed by atoms with Gasteiger partial charge >= 0.3 is 12.1 Å². The summed E-state index contributed by atoms with van der Waals surface area (Å²) in [5.41, 5.74) is 1.93. The molecule has 0 bridgehead atoms. The molecule has 0 aromatic heterocycles. The number of likely N-dealkylation sites (tertiary alicyclic amines) is 1. The highest BCUT2D eigenvalue weighted by Gasteiger charge is 2.38. The van der Waals surface area contributed by atoms with Crippen molar-refractivity contribution in [1.29, 1.82) is 0 Å². The molecule has 1 heterocycles. The van der Waals surface area contributed by atoms with Crippen LogP contribution in [-0.2, 0) is 19.1 Å². The Morgan fingerprint density at radius 1 is 1.18 bits per heavy atom. The van der Waals surface area contributed by atoms with Crippen molar-refractivity contribution in [3.63, 3.8) is 0 Å². The van der Waals surface area contributed by atoms with Crippen LogP contribution in [0.15, 0.2) is 18.2 Å². The molecule has 28 heavy (non-hydrogen) atoms. The molecule has 1 N–H and O–H groups in total. The van der Waals surface area contributed by atoms with Crippen LogP contribution in [0.1, 0.15) is 51.7 Å². The minimum atomic E-state index is -0.979. The Balaban J connectivity index is 1.99. The summed E-state index contributed by atoms with van der Waals surface area (Å²) < 4.78 is 10.7. The van der Waals surface area contributed by atoms with Gasteiger partial charge in [0.15, 0.2) is 6.10 Å². The second-order valence-electron chi connectivity index (χ2n) is 8.17. The molecule has 2 rings (SSSR count). The number of carbonyl (C=O) groups is 3. The molecular formula is C21H30N2O5. The normalized spacial score (nSPS) is 17.8. The summed E-state index contributed by atoms with van der Waals surface area (Å²) in [7, 11) is 0. The number of amides is 2. The van der Waals surface area contributed by atoms with Gasteiger partial charge in [0.1, 0.15) is 11.6 Å². The Hall–Kier alpha value is -2.57. The molecule has 1 saturated heterocycles. The van der Waals surface area contributed by atoms with Crippen molar-refractivity contribution in [2.45, 2.75) is 72.1 Å². The number of esters is 1. The number of carbonyl (C=O) groups excluding carboxylic acids is 3. The highest BCUT2D eigenvalue weighted by Crippen LogP contribution is 2.23. The molecule has 0 saturated carbocycles. The van der Waals surface area contributed by atoms with Gasteiger partial charge in [0.05, 0.1) is 0 Å². The molecule has 1 aromatic rings. The predicted molar refractivity (Wildman–Crippen MR) is 106 cm³/mol. The first-order valence-corrected chi connectivity index (χ1v) is 9.57. The zero-order chi connectivity index (χ0) is 21.1. The molecule has 1 aromatic carbocycles. The van der Waals surface area contributed by atoms with E-state index in [-0.39, 0.29) is 0 Å². The van der Waals surface area contributed by atoms with Gasteiger partial charge in [0.25, 0.3) is 5.91 Å². The van der Waals surface area contributed by atoms with Gasteiger partial charge < -0.3 is 14.8 Å². The van der Waals surface area contributed by atoms with Crippen molar-refractivity contribution in [3.05, 3.63) is 29.3 Å². The molecule has 154 valence electrons. The Morgan fingerprint density at radius 3 is 2.36 bits per heavy atom. The van der Waals surface area contributed by atoms with E-state index in [1.165, 1.54) is 11.8 Å². The minimum Gasteiger partial charge on any atom is -0.451 e. The number of para-hydroxylation sites is 1. The fraction of sp³-hybridized carbons (Fsp3) is 0.571. The molecule has 1 aliphatic rings. The number of nitrogens with zero attached hydrogens (tertiary/aromatic N) is 1. The fourth-order valence-corrected chi connectivity index (χ4v) is 3.09. The standard InChI is InChI=1S/C21H30N2O5/c1-13-9-7-10-14(2)17(13)22-18(24)15(3)27-19(25)16-11-8-12-23(16)20(26)28-21(4,5)6/h7,9-10,15-16H,8,11-12H2,1-6H3,(H,22,24)/t15-,16-/m0/s1. The first kappa shape index (κ1) is 21.7. The summed E-state index contributed by atoms with van der Waals surface area (Å²) in [4.78, 5) is 38.8. The van der Waals surface area contributed by atoms with Crippen molar-refractivity contribution in [1.82, 2.24) is 4.90 Å². The molecular weight excluding hydrogens is 360 g/mol. The quantitative estimate of drug-likeness (QED) is 0.795. The third-order valence-electron chi connectivity index (χ3n) is 4.54. The number of rotatable bonds is 4. The number of hydrogen-bond acceptors (Lipinski definition) is 5. The van der Waals surface area contributed by atoms with E-state index in [1.54, 1.807) is 20.8 Å². The van der Waals surface area contributed by atoms with E-state index < -0.39 is 35.7 Å². The number of nitrogens with one attached hydrogen (secondary N) is 1. The maximum absolute atomic E-state index is 12.6. The average Bonchev–Trinajstić information content (AvgIpc) is 3.06. The lowest BCUT2D eigenvalue weighted by molar-refractivity contribution is -0.157. The van der Waals surface area contributed by atoms with Crippen LogP contribution in [0, 0.1) is 13.8 Å². The molecule has 0 radical (unpaired) electrons. The number of aryl methyl sites for hydroxylation is 2. The zero-order valence-corrected chi connectivity index (χ0v) is 17.5. The van der Waals surface area contributed by atoms with Crippen LogP contribution in [0.5, 0.6) is 0 Å². The topological polar surface area (TPSA) is 84.9 Å². The molecule has 0 spiro atoms. The lowest BCUT2D eigenvalue weighted by atomic mass is 10.1. The van der Waals surface area contributed by atoms with Gasteiger partial charge in [0.2, 0.25) is 0 Å². The van der Waals surface area contributed by atoms with Crippen molar-refractivity contribution >= 4 is 23.7 Å². The zero-order valence-electron chi connectivity index (χ0n) is 17.5. The Morgan fingerprint density at radius 2 is 1.79 bits per heavy atom. The predicted octanol–water partition coefficient (Wildman–Crippen LogP) is 3.57. The summed E-state index contributed by atoms with van der Waals surface area (Å²) in [5, 5.41) is 2.82. The smallest absolute Gasteiger partial charge is 0.411 e. The molecule has 0 aliphatic carbocycles. The molecule has 1 aliphatic heterocycles. The highest BCUT2D eigenvalue weighted by atomic mass is 16.6. The molecule has 7 nitrogen and oxygen atoms in total.